The number of rotatable bonds is 3. The zero-order chi connectivity index (χ0) is 14.0. The third-order valence-corrected chi connectivity index (χ3v) is 2.77. The monoisotopic (exact) mass is 257 g/mol. The standard InChI is InChI=1S/C14H11NO4/c1-8(6-15)13(16)11-7-19-12-4-3-9(18-2)5-10(12)14(11)17/h3-5,7,13,16H,1H2,2H3. The summed E-state index contributed by atoms with van der Waals surface area (Å²) >= 11 is 0. The summed E-state index contributed by atoms with van der Waals surface area (Å²) in [7, 11) is 1.49. The lowest BCUT2D eigenvalue weighted by atomic mass is 10.0. The number of fused-ring (bicyclic) bond motifs is 1. The molecule has 5 nitrogen and oxygen atoms in total. The molecule has 0 spiro atoms. The number of hydrogen-bond acceptors (Lipinski definition) is 5. The maximum absolute atomic E-state index is 12.2. The number of hydrogen-bond donors (Lipinski definition) is 1. The number of benzene rings is 1. The molecule has 5 heteroatoms. The van der Waals surface area contributed by atoms with E-state index in [1.54, 1.807) is 18.2 Å². The van der Waals surface area contributed by atoms with Crippen molar-refractivity contribution in [2.75, 3.05) is 7.11 Å². The van der Waals surface area contributed by atoms with E-state index in [1.807, 2.05) is 0 Å². The van der Waals surface area contributed by atoms with E-state index < -0.39 is 11.5 Å². The topological polar surface area (TPSA) is 83.5 Å². The molecule has 0 saturated heterocycles. The third-order valence-electron chi connectivity index (χ3n) is 2.77. The first-order chi connectivity index (χ1) is 9.08. The van der Waals surface area contributed by atoms with Crippen LogP contribution in [0, 0.1) is 11.3 Å². The second-order valence-corrected chi connectivity index (χ2v) is 3.92. The fourth-order valence-electron chi connectivity index (χ4n) is 1.69. The van der Waals surface area contributed by atoms with Crippen LogP contribution in [-0.2, 0) is 0 Å². The molecule has 0 amide bonds. The number of aliphatic hydroxyl groups excluding tert-OH is 1. The Bertz CT molecular complexity index is 739. The van der Waals surface area contributed by atoms with Gasteiger partial charge >= 0.3 is 0 Å². The van der Waals surface area contributed by atoms with Crippen molar-refractivity contribution < 1.29 is 14.3 Å². The molecule has 1 unspecified atom stereocenters. The Morgan fingerprint density at radius 3 is 2.95 bits per heavy atom. The van der Waals surface area contributed by atoms with E-state index in [9.17, 15) is 9.90 Å². The third kappa shape index (κ3) is 2.21. The first-order valence-electron chi connectivity index (χ1n) is 5.45. The highest BCUT2D eigenvalue weighted by Crippen LogP contribution is 2.22. The van der Waals surface area contributed by atoms with Gasteiger partial charge in [0.2, 0.25) is 0 Å². The smallest absolute Gasteiger partial charge is 0.198 e. The van der Waals surface area contributed by atoms with Crippen molar-refractivity contribution in [1.29, 1.82) is 5.26 Å². The van der Waals surface area contributed by atoms with Crippen molar-refractivity contribution >= 4 is 11.0 Å². The maximum atomic E-state index is 12.2. The zero-order valence-electron chi connectivity index (χ0n) is 10.2. The summed E-state index contributed by atoms with van der Waals surface area (Å²) in [5, 5.41) is 18.8. The summed E-state index contributed by atoms with van der Waals surface area (Å²) in [6, 6.07) is 6.50. The SMILES string of the molecule is C=C(C#N)C(O)c1coc2ccc(OC)cc2c1=O. The highest BCUT2D eigenvalue weighted by molar-refractivity contribution is 5.78. The molecule has 1 aromatic heterocycles. The van der Waals surface area contributed by atoms with E-state index in [4.69, 9.17) is 14.4 Å². The van der Waals surface area contributed by atoms with Crippen molar-refractivity contribution in [3.63, 3.8) is 0 Å². The molecule has 1 aromatic carbocycles. The zero-order valence-corrected chi connectivity index (χ0v) is 10.2. The molecule has 0 fully saturated rings. The van der Waals surface area contributed by atoms with Crippen LogP contribution in [0.15, 0.2) is 45.8 Å². The molecule has 2 aromatic rings. The minimum atomic E-state index is -1.36. The van der Waals surface area contributed by atoms with Crippen LogP contribution in [0.3, 0.4) is 0 Å². The summed E-state index contributed by atoms with van der Waals surface area (Å²) in [6.45, 7) is 3.39. The van der Waals surface area contributed by atoms with Gasteiger partial charge in [0.1, 0.15) is 23.7 Å². The van der Waals surface area contributed by atoms with Crippen molar-refractivity contribution in [2.45, 2.75) is 6.10 Å². The van der Waals surface area contributed by atoms with Crippen LogP contribution in [0.1, 0.15) is 11.7 Å². The number of nitrogens with zero attached hydrogens (tertiary/aromatic N) is 1. The van der Waals surface area contributed by atoms with Gasteiger partial charge in [0.05, 0.1) is 29.7 Å². The summed E-state index contributed by atoms with van der Waals surface area (Å²) in [5.41, 5.74) is -0.171. The highest BCUT2D eigenvalue weighted by Gasteiger charge is 2.18. The molecular formula is C14H11NO4. The predicted octanol–water partition coefficient (Wildman–Crippen LogP) is 1.91. The average Bonchev–Trinajstić information content (AvgIpc) is 2.46. The molecule has 0 bridgehead atoms. The lowest BCUT2D eigenvalue weighted by Crippen LogP contribution is -2.14. The molecule has 96 valence electrons. The molecular weight excluding hydrogens is 246 g/mol. The van der Waals surface area contributed by atoms with Gasteiger partial charge in [-0.05, 0) is 18.2 Å². The van der Waals surface area contributed by atoms with E-state index in [0.717, 1.165) is 6.26 Å². The van der Waals surface area contributed by atoms with Crippen LogP contribution >= 0.6 is 0 Å². The molecule has 0 radical (unpaired) electrons. The Morgan fingerprint density at radius 1 is 1.58 bits per heavy atom. The summed E-state index contributed by atoms with van der Waals surface area (Å²) < 4.78 is 10.3. The van der Waals surface area contributed by atoms with Crippen molar-refractivity contribution in [2.24, 2.45) is 0 Å². The first kappa shape index (κ1) is 12.9. The minimum Gasteiger partial charge on any atom is -0.497 e. The summed E-state index contributed by atoms with van der Waals surface area (Å²) in [4.78, 5) is 12.2. The molecule has 0 aliphatic rings. The minimum absolute atomic E-state index is 0.0210. The van der Waals surface area contributed by atoms with Crippen molar-refractivity contribution in [3.8, 4) is 11.8 Å². The summed E-state index contributed by atoms with van der Waals surface area (Å²) in [6.07, 6.45) is -0.221. The van der Waals surface area contributed by atoms with Gasteiger partial charge in [-0.1, -0.05) is 6.58 Å². The van der Waals surface area contributed by atoms with Gasteiger partial charge in [0, 0.05) is 0 Å². The number of nitriles is 1. The van der Waals surface area contributed by atoms with E-state index in [2.05, 4.69) is 6.58 Å². The second kappa shape index (κ2) is 4.96. The first-order valence-corrected chi connectivity index (χ1v) is 5.45. The lowest BCUT2D eigenvalue weighted by Gasteiger charge is -2.08. The average molecular weight is 257 g/mol. The van der Waals surface area contributed by atoms with Gasteiger partial charge in [-0.25, -0.2) is 0 Å². The fraction of sp³-hybridized carbons (Fsp3) is 0.143. The van der Waals surface area contributed by atoms with Crippen molar-refractivity contribution in [1.82, 2.24) is 0 Å². The quantitative estimate of drug-likeness (QED) is 0.849. The van der Waals surface area contributed by atoms with Gasteiger partial charge in [-0.15, -0.1) is 0 Å². The van der Waals surface area contributed by atoms with Gasteiger partial charge < -0.3 is 14.3 Å². The normalized spacial score (nSPS) is 11.8. The molecule has 0 aliphatic carbocycles. The summed E-state index contributed by atoms with van der Waals surface area (Å²) in [5.74, 6) is 0.505. The van der Waals surface area contributed by atoms with Crippen LogP contribution in [0.5, 0.6) is 5.75 Å². The van der Waals surface area contributed by atoms with Gasteiger partial charge in [-0.3, -0.25) is 4.79 Å². The van der Waals surface area contributed by atoms with Gasteiger partial charge in [0.25, 0.3) is 0 Å². The van der Waals surface area contributed by atoms with Crippen LogP contribution in [-0.4, -0.2) is 12.2 Å². The van der Waals surface area contributed by atoms with Gasteiger partial charge in [0.15, 0.2) is 5.43 Å². The van der Waals surface area contributed by atoms with Crippen LogP contribution in [0.2, 0.25) is 0 Å². The molecule has 1 N–H and O–H groups in total. The van der Waals surface area contributed by atoms with Crippen molar-refractivity contribution in [3.05, 3.63) is 52.4 Å². The van der Waals surface area contributed by atoms with Crippen LogP contribution < -0.4 is 10.2 Å². The maximum Gasteiger partial charge on any atom is 0.198 e. The van der Waals surface area contributed by atoms with Gasteiger partial charge in [-0.2, -0.15) is 5.26 Å². The Labute approximate surface area is 109 Å². The van der Waals surface area contributed by atoms with E-state index in [-0.39, 0.29) is 16.5 Å². The Balaban J connectivity index is 2.66. The van der Waals surface area contributed by atoms with Crippen LogP contribution in [0.25, 0.3) is 11.0 Å². The van der Waals surface area contributed by atoms with E-state index in [0.29, 0.717) is 11.3 Å². The highest BCUT2D eigenvalue weighted by atomic mass is 16.5. The lowest BCUT2D eigenvalue weighted by molar-refractivity contribution is 0.217. The molecule has 0 saturated carbocycles. The number of ether oxygens (including phenoxy) is 1. The molecule has 19 heavy (non-hydrogen) atoms. The fourth-order valence-corrected chi connectivity index (χ4v) is 1.69. The van der Waals surface area contributed by atoms with E-state index in [1.165, 1.54) is 13.2 Å². The predicted molar refractivity (Wildman–Crippen MR) is 68.7 cm³/mol. The number of aliphatic hydroxyl groups is 1. The molecule has 2 rings (SSSR count). The second-order valence-electron chi connectivity index (χ2n) is 3.92. The number of methoxy groups -OCH3 is 1. The van der Waals surface area contributed by atoms with Crippen LogP contribution in [0.4, 0.5) is 0 Å². The van der Waals surface area contributed by atoms with E-state index >= 15 is 0 Å². The molecule has 1 heterocycles. The molecule has 1 atom stereocenters. The molecule has 0 aliphatic heterocycles. The Kier molecular flexibility index (Phi) is 3.36. The largest absolute Gasteiger partial charge is 0.497 e. The Morgan fingerprint density at radius 2 is 2.32 bits per heavy atom. The Hall–Kier alpha value is -2.58.